The van der Waals surface area contributed by atoms with E-state index in [-0.39, 0.29) is 28.7 Å². The molecule has 0 aliphatic carbocycles. The van der Waals surface area contributed by atoms with Crippen LogP contribution in [0.25, 0.3) is 0 Å². The fraction of sp³-hybridized carbons (Fsp3) is 0.500. The smallest absolute Gasteiger partial charge is 0.247 e. The molecule has 0 aromatic heterocycles. The van der Waals surface area contributed by atoms with E-state index < -0.39 is 9.84 Å². The van der Waals surface area contributed by atoms with E-state index in [1.807, 2.05) is 30.9 Å². The largest absolute Gasteiger partial charge is 0.315 e. The first-order chi connectivity index (χ1) is 11.2. The minimum atomic E-state index is -3.05. The molecule has 0 radical (unpaired) electrons. The summed E-state index contributed by atoms with van der Waals surface area (Å²) in [6, 6.07) is 3.84. The number of amides is 1. The first-order valence-electron chi connectivity index (χ1n) is 7.76. The normalized spacial score (nSPS) is 26.8. The number of thioether (sulfide) groups is 1. The van der Waals surface area contributed by atoms with Gasteiger partial charge in [0.05, 0.1) is 17.5 Å². The Balaban J connectivity index is 2.12. The summed E-state index contributed by atoms with van der Waals surface area (Å²) >= 11 is 4.91. The fourth-order valence-corrected chi connectivity index (χ4v) is 7.90. The van der Waals surface area contributed by atoms with Gasteiger partial charge in [0.2, 0.25) is 5.91 Å². The Labute approximate surface area is 155 Å². The molecule has 2 aliphatic rings. The summed E-state index contributed by atoms with van der Waals surface area (Å²) in [6.07, 6.45) is 0.337. The van der Waals surface area contributed by atoms with Crippen molar-refractivity contribution in [1.29, 1.82) is 0 Å². The molecule has 3 rings (SSSR count). The maximum absolute atomic E-state index is 12.1. The lowest BCUT2D eigenvalue weighted by atomic mass is 10.1. The van der Waals surface area contributed by atoms with E-state index in [0.29, 0.717) is 11.6 Å². The Morgan fingerprint density at radius 3 is 2.54 bits per heavy atom. The molecular formula is C16H19BrN2O3S2. The minimum Gasteiger partial charge on any atom is -0.315 e. The fourth-order valence-electron chi connectivity index (χ4n) is 3.29. The lowest BCUT2D eigenvalue weighted by Gasteiger charge is -2.28. The number of amidine groups is 1. The number of aryl methyl sites for hydroxylation is 2. The molecule has 0 spiro atoms. The Morgan fingerprint density at radius 1 is 1.33 bits per heavy atom. The summed E-state index contributed by atoms with van der Waals surface area (Å²) in [5.74, 6) is 0.0731. The summed E-state index contributed by atoms with van der Waals surface area (Å²) < 4.78 is 25.1. The quantitative estimate of drug-likeness (QED) is 0.720. The third-order valence-corrected chi connectivity index (χ3v) is 7.95. The second-order valence-electron chi connectivity index (χ2n) is 6.20. The number of carbonyl (C=O) groups is 1. The van der Waals surface area contributed by atoms with Gasteiger partial charge in [-0.2, -0.15) is 4.99 Å². The SMILES string of the molecule is CCC(=O)N=C1S[C@@H]2CS(=O)(=O)C[C@H]2N1c1c(C)cc(Br)cc1C. The van der Waals surface area contributed by atoms with Crippen LogP contribution >= 0.6 is 27.7 Å². The van der Waals surface area contributed by atoms with Gasteiger partial charge in [-0.3, -0.25) is 4.79 Å². The number of hydrogen-bond acceptors (Lipinski definition) is 4. The van der Waals surface area contributed by atoms with Crippen LogP contribution in [0.5, 0.6) is 0 Å². The highest BCUT2D eigenvalue weighted by atomic mass is 79.9. The molecule has 8 heteroatoms. The third-order valence-electron chi connectivity index (χ3n) is 4.29. The Morgan fingerprint density at radius 2 is 1.96 bits per heavy atom. The Kier molecular flexibility index (Phi) is 4.83. The van der Waals surface area contributed by atoms with Gasteiger partial charge in [-0.15, -0.1) is 0 Å². The molecular weight excluding hydrogens is 412 g/mol. The van der Waals surface area contributed by atoms with Gasteiger partial charge in [-0.05, 0) is 37.1 Å². The highest BCUT2D eigenvalue weighted by Crippen LogP contribution is 2.43. The lowest BCUT2D eigenvalue weighted by molar-refractivity contribution is -0.117. The van der Waals surface area contributed by atoms with E-state index in [1.54, 1.807) is 6.92 Å². The molecule has 0 bridgehead atoms. The molecule has 1 aromatic carbocycles. The zero-order valence-corrected chi connectivity index (χ0v) is 17.0. The molecule has 2 fully saturated rings. The number of sulfone groups is 1. The number of anilines is 1. The van der Waals surface area contributed by atoms with Crippen molar-refractivity contribution in [1.82, 2.24) is 0 Å². The summed E-state index contributed by atoms with van der Waals surface area (Å²) in [5, 5.41) is 0.557. The van der Waals surface area contributed by atoms with Crippen molar-refractivity contribution in [3.05, 3.63) is 27.7 Å². The van der Waals surface area contributed by atoms with Crippen LogP contribution in [0.15, 0.2) is 21.6 Å². The molecule has 2 aliphatic heterocycles. The predicted octanol–water partition coefficient (Wildman–Crippen LogP) is 3.08. The molecule has 5 nitrogen and oxygen atoms in total. The average Bonchev–Trinajstić information content (AvgIpc) is 2.90. The standard InChI is InChI=1S/C16H19BrN2O3S2/c1-4-14(20)18-16-19(12-7-24(21,22)8-13(12)23-16)15-9(2)5-11(17)6-10(15)3/h5-6,12-13H,4,7-8H2,1-3H3/t12-,13-/m1/s1. The third kappa shape index (κ3) is 3.28. The van der Waals surface area contributed by atoms with Crippen molar-refractivity contribution >= 4 is 54.3 Å². The Bertz CT molecular complexity index is 813. The van der Waals surface area contributed by atoms with Gasteiger partial charge < -0.3 is 4.90 Å². The van der Waals surface area contributed by atoms with E-state index in [0.717, 1.165) is 21.3 Å². The Hall–Kier alpha value is -0.860. The maximum atomic E-state index is 12.1. The molecule has 2 heterocycles. The van der Waals surface area contributed by atoms with Crippen LogP contribution in [0.1, 0.15) is 24.5 Å². The van der Waals surface area contributed by atoms with Gasteiger partial charge in [0, 0.05) is 21.8 Å². The van der Waals surface area contributed by atoms with E-state index in [1.165, 1.54) is 11.8 Å². The maximum Gasteiger partial charge on any atom is 0.247 e. The van der Waals surface area contributed by atoms with Gasteiger partial charge in [0.15, 0.2) is 15.0 Å². The van der Waals surface area contributed by atoms with Gasteiger partial charge in [-0.1, -0.05) is 34.6 Å². The molecule has 1 amide bonds. The second kappa shape index (κ2) is 6.46. The lowest BCUT2D eigenvalue weighted by Crippen LogP contribution is -2.38. The van der Waals surface area contributed by atoms with Gasteiger partial charge >= 0.3 is 0 Å². The molecule has 0 N–H and O–H groups in total. The number of carbonyl (C=O) groups excluding carboxylic acids is 1. The molecule has 24 heavy (non-hydrogen) atoms. The van der Waals surface area contributed by atoms with Crippen molar-refractivity contribution in [2.45, 2.75) is 38.5 Å². The number of benzene rings is 1. The highest BCUT2D eigenvalue weighted by molar-refractivity contribution is 9.10. The van der Waals surface area contributed by atoms with Crippen LogP contribution in [0.3, 0.4) is 0 Å². The van der Waals surface area contributed by atoms with Crippen LogP contribution in [0.2, 0.25) is 0 Å². The number of nitrogens with zero attached hydrogens (tertiary/aromatic N) is 2. The van der Waals surface area contributed by atoms with Crippen LogP contribution in [0, 0.1) is 13.8 Å². The predicted molar refractivity (Wildman–Crippen MR) is 103 cm³/mol. The van der Waals surface area contributed by atoms with E-state index in [2.05, 4.69) is 20.9 Å². The first kappa shape index (κ1) is 17.9. The topological polar surface area (TPSA) is 66.8 Å². The van der Waals surface area contributed by atoms with Gasteiger partial charge in [0.25, 0.3) is 0 Å². The van der Waals surface area contributed by atoms with E-state index >= 15 is 0 Å². The highest BCUT2D eigenvalue weighted by Gasteiger charge is 2.49. The van der Waals surface area contributed by atoms with Crippen LogP contribution in [-0.2, 0) is 14.6 Å². The molecule has 0 saturated carbocycles. The monoisotopic (exact) mass is 430 g/mol. The number of fused-ring (bicyclic) bond motifs is 1. The minimum absolute atomic E-state index is 0.0687. The second-order valence-corrected chi connectivity index (χ2v) is 10.5. The van der Waals surface area contributed by atoms with E-state index in [9.17, 15) is 13.2 Å². The first-order valence-corrected chi connectivity index (χ1v) is 11.3. The van der Waals surface area contributed by atoms with Crippen molar-refractivity contribution in [2.75, 3.05) is 16.4 Å². The zero-order chi connectivity index (χ0) is 17.6. The number of hydrogen-bond donors (Lipinski definition) is 0. The average molecular weight is 431 g/mol. The van der Waals surface area contributed by atoms with Crippen LogP contribution < -0.4 is 4.90 Å². The summed E-state index contributed by atoms with van der Waals surface area (Å²) in [5.41, 5.74) is 3.02. The summed E-state index contributed by atoms with van der Waals surface area (Å²) in [6.45, 7) is 5.76. The van der Waals surface area contributed by atoms with Crippen LogP contribution in [0.4, 0.5) is 5.69 Å². The van der Waals surface area contributed by atoms with Crippen molar-refractivity contribution in [3.8, 4) is 0 Å². The zero-order valence-electron chi connectivity index (χ0n) is 13.7. The summed E-state index contributed by atoms with van der Waals surface area (Å²) in [4.78, 5) is 18.1. The number of halogens is 1. The number of aliphatic imine (C=N–C) groups is 1. The molecule has 130 valence electrons. The van der Waals surface area contributed by atoms with Crippen molar-refractivity contribution in [3.63, 3.8) is 0 Å². The van der Waals surface area contributed by atoms with E-state index in [4.69, 9.17) is 0 Å². The number of rotatable bonds is 2. The van der Waals surface area contributed by atoms with Crippen LogP contribution in [-0.4, -0.2) is 42.3 Å². The molecule has 2 saturated heterocycles. The van der Waals surface area contributed by atoms with Crippen molar-refractivity contribution < 1.29 is 13.2 Å². The van der Waals surface area contributed by atoms with Crippen molar-refractivity contribution in [2.24, 2.45) is 4.99 Å². The molecule has 0 unspecified atom stereocenters. The van der Waals surface area contributed by atoms with Gasteiger partial charge in [0.1, 0.15) is 0 Å². The molecule has 1 aromatic rings. The summed E-state index contributed by atoms with van der Waals surface area (Å²) in [7, 11) is -3.05. The molecule has 2 atom stereocenters. The van der Waals surface area contributed by atoms with Gasteiger partial charge in [-0.25, -0.2) is 8.42 Å².